The van der Waals surface area contributed by atoms with Crippen molar-refractivity contribution in [3.05, 3.63) is 94.3 Å². The molecule has 3 aromatic heterocycles. The van der Waals surface area contributed by atoms with Crippen molar-refractivity contribution in [3.63, 3.8) is 0 Å². The average Bonchev–Trinajstić information content (AvgIpc) is 3.64. The third-order valence-corrected chi connectivity index (χ3v) is 7.13. The molecule has 0 aliphatic heterocycles. The first-order valence-corrected chi connectivity index (χ1v) is 12.7. The number of thioether (sulfide) groups is 1. The Morgan fingerprint density at radius 3 is 2.56 bits per heavy atom. The summed E-state index contributed by atoms with van der Waals surface area (Å²) in [5.74, 6) is 3.30. The fraction of sp³-hybridized carbons (Fsp3) is 0.200. The monoisotopic (exact) mass is 489 g/mol. The van der Waals surface area contributed by atoms with Gasteiger partial charge < -0.3 is 13.7 Å². The number of ether oxygens (including phenoxy) is 1. The predicted molar refractivity (Wildman–Crippen MR) is 133 cm³/mol. The van der Waals surface area contributed by atoms with Crippen LogP contribution in [-0.4, -0.2) is 32.1 Å². The van der Waals surface area contributed by atoms with E-state index in [4.69, 9.17) is 9.15 Å². The number of aryl methyl sites for hydroxylation is 1. The minimum atomic E-state index is 0.488. The number of thiophene rings is 1. The van der Waals surface area contributed by atoms with Crippen LogP contribution in [0.2, 0.25) is 0 Å². The molecule has 0 bridgehead atoms. The van der Waals surface area contributed by atoms with Crippen molar-refractivity contribution in [2.75, 3.05) is 7.11 Å². The Kier molecular flexibility index (Phi) is 7.02. The number of hydrogen-bond donors (Lipinski definition) is 0. The molecule has 0 saturated heterocycles. The molecule has 0 fully saturated rings. The zero-order chi connectivity index (χ0) is 23.2. The van der Waals surface area contributed by atoms with Gasteiger partial charge in [0.2, 0.25) is 11.8 Å². The molecule has 3 heterocycles. The van der Waals surface area contributed by atoms with Gasteiger partial charge in [-0.05, 0) is 47.7 Å². The maximum absolute atomic E-state index is 5.89. The standard InChI is InChI=1S/C25H23N5O2S2/c1-31-20-11-9-19(10-12-20)24-28-27-23(32-24)17-34-25-29-26-22(16-21-8-5-15-33-21)30(25)14-13-18-6-3-2-4-7-18/h2-12,15H,13-14,16-17H2,1H3. The Morgan fingerprint density at radius 2 is 1.79 bits per heavy atom. The number of aromatic nitrogens is 5. The lowest BCUT2D eigenvalue weighted by molar-refractivity contribution is 0.415. The Balaban J connectivity index is 1.30. The van der Waals surface area contributed by atoms with Crippen LogP contribution in [0.1, 0.15) is 22.2 Å². The van der Waals surface area contributed by atoms with Gasteiger partial charge in [-0.1, -0.05) is 48.2 Å². The average molecular weight is 490 g/mol. The van der Waals surface area contributed by atoms with Gasteiger partial charge in [0.15, 0.2) is 5.16 Å². The van der Waals surface area contributed by atoms with Crippen LogP contribution in [0, 0.1) is 0 Å². The molecule has 34 heavy (non-hydrogen) atoms. The van der Waals surface area contributed by atoms with Crippen LogP contribution < -0.4 is 4.74 Å². The van der Waals surface area contributed by atoms with Gasteiger partial charge in [0, 0.05) is 23.4 Å². The number of benzene rings is 2. The zero-order valence-corrected chi connectivity index (χ0v) is 20.3. The topological polar surface area (TPSA) is 78.9 Å². The van der Waals surface area contributed by atoms with E-state index in [1.807, 2.05) is 30.3 Å². The molecule has 0 aliphatic rings. The molecule has 7 nitrogen and oxygen atoms in total. The lowest BCUT2D eigenvalue weighted by atomic mass is 10.1. The van der Waals surface area contributed by atoms with Crippen molar-refractivity contribution in [3.8, 4) is 17.2 Å². The van der Waals surface area contributed by atoms with E-state index in [0.717, 1.165) is 41.7 Å². The van der Waals surface area contributed by atoms with Gasteiger partial charge in [0.05, 0.1) is 12.9 Å². The molecule has 0 aliphatic carbocycles. The van der Waals surface area contributed by atoms with Crippen molar-refractivity contribution in [2.45, 2.75) is 30.3 Å². The molecule has 0 N–H and O–H groups in total. The molecule has 0 atom stereocenters. The smallest absolute Gasteiger partial charge is 0.247 e. The molecule has 5 rings (SSSR count). The molecule has 2 aromatic carbocycles. The summed E-state index contributed by atoms with van der Waals surface area (Å²) in [6.07, 6.45) is 1.67. The van der Waals surface area contributed by atoms with E-state index in [-0.39, 0.29) is 0 Å². The first kappa shape index (κ1) is 22.4. The van der Waals surface area contributed by atoms with Crippen molar-refractivity contribution in [1.29, 1.82) is 0 Å². The first-order valence-electron chi connectivity index (χ1n) is 10.9. The summed E-state index contributed by atoms with van der Waals surface area (Å²) < 4.78 is 13.3. The molecule has 172 valence electrons. The summed E-state index contributed by atoms with van der Waals surface area (Å²) in [5.41, 5.74) is 2.14. The molecule has 0 saturated carbocycles. The van der Waals surface area contributed by atoms with E-state index >= 15 is 0 Å². The second kappa shape index (κ2) is 10.7. The highest BCUT2D eigenvalue weighted by Gasteiger charge is 2.16. The van der Waals surface area contributed by atoms with Crippen LogP contribution in [-0.2, 0) is 25.1 Å². The van der Waals surface area contributed by atoms with E-state index in [1.54, 1.807) is 30.2 Å². The SMILES string of the molecule is COc1ccc(-c2nnc(CSc3nnc(Cc4cccs4)n3CCc3ccccc3)o2)cc1. The van der Waals surface area contributed by atoms with Crippen LogP contribution in [0.3, 0.4) is 0 Å². The van der Waals surface area contributed by atoms with Gasteiger partial charge in [0.25, 0.3) is 0 Å². The molecule has 0 unspecified atom stereocenters. The maximum atomic E-state index is 5.89. The van der Waals surface area contributed by atoms with Gasteiger partial charge in [-0.25, -0.2) is 0 Å². The van der Waals surface area contributed by atoms with Crippen molar-refractivity contribution >= 4 is 23.1 Å². The Labute approximate surface area is 205 Å². The van der Waals surface area contributed by atoms with E-state index in [2.05, 4.69) is 66.7 Å². The molecular weight excluding hydrogens is 466 g/mol. The fourth-order valence-electron chi connectivity index (χ4n) is 3.52. The summed E-state index contributed by atoms with van der Waals surface area (Å²) in [6, 6.07) is 22.2. The van der Waals surface area contributed by atoms with Crippen LogP contribution >= 0.6 is 23.1 Å². The van der Waals surface area contributed by atoms with Crippen LogP contribution in [0.25, 0.3) is 11.5 Å². The van der Waals surface area contributed by atoms with E-state index in [9.17, 15) is 0 Å². The Hall–Kier alpha value is -3.43. The van der Waals surface area contributed by atoms with Crippen LogP contribution in [0.5, 0.6) is 5.75 Å². The van der Waals surface area contributed by atoms with Crippen LogP contribution in [0.15, 0.2) is 81.7 Å². The molecule has 0 spiro atoms. The minimum Gasteiger partial charge on any atom is -0.497 e. The normalized spacial score (nSPS) is 11.1. The largest absolute Gasteiger partial charge is 0.497 e. The summed E-state index contributed by atoms with van der Waals surface area (Å²) in [4.78, 5) is 1.27. The quantitative estimate of drug-likeness (QED) is 0.239. The van der Waals surface area contributed by atoms with Gasteiger partial charge in [-0.15, -0.1) is 31.7 Å². The van der Waals surface area contributed by atoms with Gasteiger partial charge in [0.1, 0.15) is 11.6 Å². The first-order chi connectivity index (χ1) is 16.8. The van der Waals surface area contributed by atoms with Gasteiger partial charge in [-0.3, -0.25) is 0 Å². The number of methoxy groups -OCH3 is 1. The number of hydrogen-bond acceptors (Lipinski definition) is 8. The highest BCUT2D eigenvalue weighted by Crippen LogP contribution is 2.26. The van der Waals surface area contributed by atoms with Gasteiger partial charge in [-0.2, -0.15) is 0 Å². The minimum absolute atomic E-state index is 0.488. The summed E-state index contributed by atoms with van der Waals surface area (Å²) in [7, 11) is 1.64. The van der Waals surface area contributed by atoms with E-state index < -0.39 is 0 Å². The maximum Gasteiger partial charge on any atom is 0.247 e. The second-order valence-electron chi connectivity index (χ2n) is 7.56. The lowest BCUT2D eigenvalue weighted by Crippen LogP contribution is -2.08. The Bertz CT molecular complexity index is 1320. The summed E-state index contributed by atoms with van der Waals surface area (Å²) in [5, 5.41) is 20.3. The van der Waals surface area contributed by atoms with Gasteiger partial charge >= 0.3 is 0 Å². The third kappa shape index (κ3) is 5.37. The van der Waals surface area contributed by atoms with E-state index in [0.29, 0.717) is 17.5 Å². The molecule has 0 radical (unpaired) electrons. The Morgan fingerprint density at radius 1 is 0.941 bits per heavy atom. The molecule has 9 heteroatoms. The molecule has 5 aromatic rings. The second-order valence-corrected chi connectivity index (χ2v) is 9.54. The number of nitrogens with zero attached hydrogens (tertiary/aromatic N) is 5. The van der Waals surface area contributed by atoms with Crippen LogP contribution in [0.4, 0.5) is 0 Å². The third-order valence-electron chi connectivity index (χ3n) is 5.30. The highest BCUT2D eigenvalue weighted by molar-refractivity contribution is 7.98. The summed E-state index contributed by atoms with van der Waals surface area (Å²) >= 11 is 3.29. The fourth-order valence-corrected chi connectivity index (χ4v) is 5.05. The zero-order valence-electron chi connectivity index (χ0n) is 18.6. The van der Waals surface area contributed by atoms with E-state index in [1.165, 1.54) is 10.4 Å². The number of rotatable bonds is 10. The lowest BCUT2D eigenvalue weighted by Gasteiger charge is -2.09. The van der Waals surface area contributed by atoms with Crippen molar-refractivity contribution in [1.82, 2.24) is 25.0 Å². The predicted octanol–water partition coefficient (Wildman–Crippen LogP) is 5.52. The molecule has 0 amide bonds. The summed E-state index contributed by atoms with van der Waals surface area (Å²) in [6.45, 7) is 0.807. The highest BCUT2D eigenvalue weighted by atomic mass is 32.2. The molecular formula is C25H23N5O2S2. The van der Waals surface area contributed by atoms with Crippen molar-refractivity contribution in [2.24, 2.45) is 0 Å². The van der Waals surface area contributed by atoms with Crippen molar-refractivity contribution < 1.29 is 9.15 Å².